The predicted octanol–water partition coefficient (Wildman–Crippen LogP) is 0.0352. The van der Waals surface area contributed by atoms with Crippen molar-refractivity contribution in [2.45, 2.75) is 4.90 Å². The molecule has 0 radical (unpaired) electrons. The van der Waals surface area contributed by atoms with Crippen LogP contribution in [0.1, 0.15) is 0 Å². The number of nitrogens with two attached hydrogens (primary N) is 1. The molecule has 0 bridgehead atoms. The number of hydrogen-bond donors (Lipinski definition) is 2. The number of primary amides is 1. The molecule has 88 valence electrons. The molecule has 0 saturated carbocycles. The van der Waals surface area contributed by atoms with E-state index in [0.29, 0.717) is 5.02 Å². The highest BCUT2D eigenvalue weighted by atomic mass is 35.5. The third-order valence-electron chi connectivity index (χ3n) is 1.51. The molecule has 0 fully saturated rings. The monoisotopic (exact) mass is 264 g/mol. The molecule has 16 heavy (non-hydrogen) atoms. The van der Waals surface area contributed by atoms with Crippen LogP contribution in [0.2, 0.25) is 5.02 Å². The highest BCUT2D eigenvalue weighted by Gasteiger charge is 2.13. The number of hydrogen-bond acceptors (Lipinski definition) is 4. The first kappa shape index (κ1) is 12.9. The number of nitrogens with one attached hydrogen (secondary N) is 1. The number of halogens is 1. The van der Waals surface area contributed by atoms with E-state index in [1.165, 1.54) is 24.3 Å². The number of rotatable bonds is 5. The van der Waals surface area contributed by atoms with Gasteiger partial charge in [0.2, 0.25) is 5.91 Å². The molecule has 1 amide bonds. The molecule has 0 saturated heterocycles. The third-order valence-corrected chi connectivity index (χ3v) is 2.99. The van der Waals surface area contributed by atoms with Crippen molar-refractivity contribution in [2.24, 2.45) is 5.73 Å². The number of sulfonamides is 1. The molecular weight excluding hydrogens is 256 g/mol. The van der Waals surface area contributed by atoms with Gasteiger partial charge in [-0.25, -0.2) is 8.42 Å². The summed E-state index contributed by atoms with van der Waals surface area (Å²) in [7, 11) is -3.81. The molecule has 1 aromatic rings. The third kappa shape index (κ3) is 3.78. The first-order valence-electron chi connectivity index (χ1n) is 4.09. The van der Waals surface area contributed by atoms with Gasteiger partial charge in [-0.05, 0) is 24.3 Å². The van der Waals surface area contributed by atoms with Crippen LogP contribution in [0.5, 0.6) is 0 Å². The summed E-state index contributed by atoms with van der Waals surface area (Å²) >= 11 is 5.60. The summed E-state index contributed by atoms with van der Waals surface area (Å²) in [5.41, 5.74) is 4.76. The Bertz CT molecular complexity index is 471. The number of carbonyl (C=O) groups excluding carboxylic acids is 1. The molecule has 0 aliphatic rings. The zero-order chi connectivity index (χ0) is 12.2. The largest absolute Gasteiger partial charge is 0.368 e. The zero-order valence-corrected chi connectivity index (χ0v) is 9.59. The number of benzene rings is 1. The van der Waals surface area contributed by atoms with Crippen molar-refractivity contribution in [2.75, 3.05) is 6.61 Å². The topological polar surface area (TPSA) is 98.5 Å². The lowest BCUT2D eigenvalue weighted by Crippen LogP contribution is -2.29. The summed E-state index contributed by atoms with van der Waals surface area (Å²) in [6.07, 6.45) is 0. The van der Waals surface area contributed by atoms with E-state index in [9.17, 15) is 13.2 Å². The molecule has 3 N–H and O–H groups in total. The van der Waals surface area contributed by atoms with E-state index in [-0.39, 0.29) is 4.90 Å². The van der Waals surface area contributed by atoms with Crippen molar-refractivity contribution in [3.63, 3.8) is 0 Å². The smallest absolute Gasteiger partial charge is 0.262 e. The Morgan fingerprint density at radius 2 is 1.94 bits per heavy atom. The standard InChI is InChI=1S/C8H9ClN2O4S/c9-6-1-3-7(4-2-6)16(13,14)11-15-5-8(10)12/h1-4,11H,5H2,(H2,10,12). The van der Waals surface area contributed by atoms with Crippen LogP contribution >= 0.6 is 11.6 Å². The van der Waals surface area contributed by atoms with Crippen LogP contribution in [0.3, 0.4) is 0 Å². The maximum atomic E-state index is 11.5. The van der Waals surface area contributed by atoms with Gasteiger partial charge in [0.05, 0.1) is 4.90 Å². The number of amides is 1. The minimum absolute atomic E-state index is 0.0265. The Kier molecular flexibility index (Phi) is 4.25. The summed E-state index contributed by atoms with van der Waals surface area (Å²) in [5, 5.41) is 0.414. The van der Waals surface area contributed by atoms with Crippen molar-refractivity contribution in [1.29, 1.82) is 0 Å². The molecule has 0 atom stereocenters. The van der Waals surface area contributed by atoms with Crippen LogP contribution in [0.15, 0.2) is 29.2 Å². The van der Waals surface area contributed by atoms with Gasteiger partial charge in [0.1, 0.15) is 6.61 Å². The highest BCUT2D eigenvalue weighted by molar-refractivity contribution is 7.89. The van der Waals surface area contributed by atoms with Gasteiger partial charge in [-0.1, -0.05) is 16.5 Å². The van der Waals surface area contributed by atoms with Crippen LogP contribution in [-0.2, 0) is 19.7 Å². The van der Waals surface area contributed by atoms with E-state index in [1.54, 1.807) is 4.89 Å². The first-order valence-corrected chi connectivity index (χ1v) is 5.95. The Balaban J connectivity index is 2.71. The van der Waals surface area contributed by atoms with E-state index in [1.807, 2.05) is 0 Å². The SMILES string of the molecule is NC(=O)CONS(=O)(=O)c1ccc(Cl)cc1. The van der Waals surface area contributed by atoms with Crippen LogP contribution in [-0.4, -0.2) is 20.9 Å². The minimum Gasteiger partial charge on any atom is -0.368 e. The van der Waals surface area contributed by atoms with E-state index in [0.717, 1.165) is 0 Å². The van der Waals surface area contributed by atoms with Crippen molar-refractivity contribution < 1.29 is 18.0 Å². The summed E-state index contributed by atoms with van der Waals surface area (Å²) in [4.78, 5) is 16.4. The molecular formula is C8H9ClN2O4S. The van der Waals surface area contributed by atoms with Crippen molar-refractivity contribution in [3.8, 4) is 0 Å². The molecule has 8 heteroatoms. The average molecular weight is 265 g/mol. The molecule has 0 unspecified atom stereocenters. The van der Waals surface area contributed by atoms with E-state index < -0.39 is 22.5 Å². The lowest BCUT2D eigenvalue weighted by atomic mass is 10.4. The summed E-state index contributed by atoms with van der Waals surface area (Å²) < 4.78 is 23.0. The van der Waals surface area contributed by atoms with E-state index in [2.05, 4.69) is 4.84 Å². The molecule has 0 spiro atoms. The van der Waals surface area contributed by atoms with Crippen LogP contribution in [0.4, 0.5) is 0 Å². The summed E-state index contributed by atoms with van der Waals surface area (Å²) in [5.74, 6) is -0.779. The van der Waals surface area contributed by atoms with Gasteiger partial charge in [0.25, 0.3) is 10.0 Å². The summed E-state index contributed by atoms with van der Waals surface area (Å²) in [6.45, 7) is -0.535. The fraction of sp³-hybridized carbons (Fsp3) is 0.125. The molecule has 1 aromatic carbocycles. The van der Waals surface area contributed by atoms with Gasteiger partial charge < -0.3 is 5.73 Å². The second-order valence-corrected chi connectivity index (χ2v) is 4.88. The molecule has 0 aliphatic heterocycles. The second-order valence-electron chi connectivity index (χ2n) is 2.80. The average Bonchev–Trinajstić information content (AvgIpc) is 2.17. The molecule has 1 rings (SSSR count). The van der Waals surface area contributed by atoms with E-state index >= 15 is 0 Å². The maximum Gasteiger partial charge on any atom is 0.262 e. The van der Waals surface area contributed by atoms with Crippen LogP contribution in [0.25, 0.3) is 0 Å². The quantitative estimate of drug-likeness (QED) is 0.733. The van der Waals surface area contributed by atoms with Gasteiger partial charge >= 0.3 is 0 Å². The lowest BCUT2D eigenvalue weighted by Gasteiger charge is -2.05. The van der Waals surface area contributed by atoms with Crippen LogP contribution < -0.4 is 10.6 Å². The second kappa shape index (κ2) is 5.26. The van der Waals surface area contributed by atoms with Crippen molar-refractivity contribution in [1.82, 2.24) is 4.89 Å². The zero-order valence-electron chi connectivity index (χ0n) is 8.01. The molecule has 0 heterocycles. The number of carbonyl (C=O) groups is 1. The normalized spacial score (nSPS) is 11.3. The predicted molar refractivity (Wildman–Crippen MR) is 56.9 cm³/mol. The van der Waals surface area contributed by atoms with E-state index in [4.69, 9.17) is 17.3 Å². The molecule has 0 aliphatic carbocycles. The van der Waals surface area contributed by atoms with Gasteiger partial charge in [-0.3, -0.25) is 9.63 Å². The highest BCUT2D eigenvalue weighted by Crippen LogP contribution is 2.13. The van der Waals surface area contributed by atoms with Crippen LogP contribution in [0, 0.1) is 0 Å². The molecule has 0 aromatic heterocycles. The Hall–Kier alpha value is -1.15. The first-order chi connectivity index (χ1) is 7.42. The Labute approximate surface area is 97.3 Å². The van der Waals surface area contributed by atoms with Gasteiger partial charge in [0, 0.05) is 5.02 Å². The van der Waals surface area contributed by atoms with Gasteiger partial charge in [0.15, 0.2) is 0 Å². The maximum absolute atomic E-state index is 11.5. The minimum atomic E-state index is -3.81. The lowest BCUT2D eigenvalue weighted by molar-refractivity contribution is -0.123. The molecule has 6 nitrogen and oxygen atoms in total. The van der Waals surface area contributed by atoms with Crippen molar-refractivity contribution in [3.05, 3.63) is 29.3 Å². The Morgan fingerprint density at radius 3 is 2.44 bits per heavy atom. The fourth-order valence-corrected chi connectivity index (χ4v) is 1.77. The summed E-state index contributed by atoms with van der Waals surface area (Å²) in [6, 6.07) is 5.45. The van der Waals surface area contributed by atoms with Gasteiger partial charge in [-0.2, -0.15) is 0 Å². The Morgan fingerprint density at radius 1 is 1.38 bits per heavy atom. The van der Waals surface area contributed by atoms with Gasteiger partial charge in [-0.15, -0.1) is 0 Å². The van der Waals surface area contributed by atoms with Crippen molar-refractivity contribution >= 4 is 27.5 Å². The fourth-order valence-electron chi connectivity index (χ4n) is 0.840.